The molecule has 1 heterocycles. The van der Waals surface area contributed by atoms with Crippen LogP contribution in [0.4, 0.5) is 8.78 Å². The number of hydrogen-bond acceptors (Lipinski definition) is 1. The maximum absolute atomic E-state index is 13.1. The fourth-order valence-corrected chi connectivity index (χ4v) is 1.55. The van der Waals surface area contributed by atoms with Crippen molar-refractivity contribution in [3.63, 3.8) is 0 Å². The van der Waals surface area contributed by atoms with Crippen LogP contribution in [0.3, 0.4) is 0 Å². The van der Waals surface area contributed by atoms with Crippen molar-refractivity contribution < 1.29 is 13.5 Å². The lowest BCUT2D eigenvalue weighted by molar-refractivity contribution is -0.144. The van der Waals surface area contributed by atoms with Gasteiger partial charge in [-0.15, -0.1) is 0 Å². The van der Waals surface area contributed by atoms with Crippen LogP contribution in [-0.2, 0) is 4.74 Å². The van der Waals surface area contributed by atoms with Crippen LogP contribution in [0.2, 0.25) is 0 Å². The van der Waals surface area contributed by atoms with Crippen LogP contribution in [0.1, 0.15) is 34.1 Å². The lowest BCUT2D eigenvalue weighted by atomic mass is 9.96. The van der Waals surface area contributed by atoms with Gasteiger partial charge >= 0.3 is 0 Å². The largest absolute Gasteiger partial charge is 0.363 e. The summed E-state index contributed by atoms with van der Waals surface area (Å²) in [6.07, 6.45) is -0.188. The standard InChI is InChI=1S/C8H14F2O/c1-6(2)5-8(9,10)7(3,4)11-6/h5H2,1-4H3. The van der Waals surface area contributed by atoms with Gasteiger partial charge in [0.1, 0.15) is 5.60 Å². The topological polar surface area (TPSA) is 9.23 Å². The van der Waals surface area contributed by atoms with E-state index in [0.717, 1.165) is 0 Å². The predicted octanol–water partition coefficient (Wildman–Crippen LogP) is 2.60. The Kier molecular flexibility index (Phi) is 1.58. The first-order chi connectivity index (χ1) is 4.66. The SMILES string of the molecule is CC1(C)CC(F)(F)C(C)(C)O1. The molecule has 1 aliphatic rings. The van der Waals surface area contributed by atoms with Crippen molar-refractivity contribution in [3.05, 3.63) is 0 Å². The Morgan fingerprint density at radius 1 is 1.09 bits per heavy atom. The van der Waals surface area contributed by atoms with E-state index in [1.807, 2.05) is 0 Å². The first-order valence-corrected chi connectivity index (χ1v) is 3.74. The number of halogens is 2. The first kappa shape index (κ1) is 8.91. The molecule has 0 bridgehead atoms. The van der Waals surface area contributed by atoms with Gasteiger partial charge in [0.2, 0.25) is 0 Å². The molecule has 0 aromatic rings. The zero-order chi connectivity index (χ0) is 8.91. The molecule has 0 aliphatic carbocycles. The van der Waals surface area contributed by atoms with Crippen molar-refractivity contribution in [1.29, 1.82) is 0 Å². The first-order valence-electron chi connectivity index (χ1n) is 3.74. The van der Waals surface area contributed by atoms with Crippen molar-refractivity contribution in [3.8, 4) is 0 Å². The highest BCUT2D eigenvalue weighted by molar-refractivity contribution is 5.00. The maximum atomic E-state index is 13.1. The molecule has 0 aromatic heterocycles. The quantitative estimate of drug-likeness (QED) is 0.534. The summed E-state index contributed by atoms with van der Waals surface area (Å²) < 4.78 is 31.4. The Balaban J connectivity index is 2.89. The van der Waals surface area contributed by atoms with Crippen molar-refractivity contribution in [2.24, 2.45) is 0 Å². The van der Waals surface area contributed by atoms with E-state index in [2.05, 4.69) is 0 Å². The van der Waals surface area contributed by atoms with Crippen LogP contribution in [-0.4, -0.2) is 17.1 Å². The van der Waals surface area contributed by atoms with Crippen LogP contribution in [0.25, 0.3) is 0 Å². The summed E-state index contributed by atoms with van der Waals surface area (Å²) in [6, 6.07) is 0. The molecule has 0 unspecified atom stereocenters. The van der Waals surface area contributed by atoms with E-state index in [9.17, 15) is 8.78 Å². The summed E-state index contributed by atoms with van der Waals surface area (Å²) in [5, 5.41) is 0. The van der Waals surface area contributed by atoms with Gasteiger partial charge in [0.05, 0.1) is 5.60 Å². The molecule has 1 aliphatic heterocycles. The zero-order valence-electron chi connectivity index (χ0n) is 7.37. The van der Waals surface area contributed by atoms with Gasteiger partial charge in [0.15, 0.2) is 0 Å². The molecule has 1 fully saturated rings. The van der Waals surface area contributed by atoms with E-state index in [1.54, 1.807) is 13.8 Å². The molecule has 0 amide bonds. The summed E-state index contributed by atoms with van der Waals surface area (Å²) in [6.45, 7) is 6.24. The van der Waals surface area contributed by atoms with Crippen LogP contribution in [0.15, 0.2) is 0 Å². The van der Waals surface area contributed by atoms with E-state index in [-0.39, 0.29) is 6.42 Å². The van der Waals surface area contributed by atoms with Gasteiger partial charge in [-0.25, -0.2) is 8.78 Å². The number of rotatable bonds is 0. The fourth-order valence-electron chi connectivity index (χ4n) is 1.55. The Morgan fingerprint density at radius 3 is 1.64 bits per heavy atom. The monoisotopic (exact) mass is 164 g/mol. The van der Waals surface area contributed by atoms with Gasteiger partial charge in [-0.3, -0.25) is 0 Å². The zero-order valence-corrected chi connectivity index (χ0v) is 7.37. The average Bonchev–Trinajstić information content (AvgIpc) is 1.66. The summed E-state index contributed by atoms with van der Waals surface area (Å²) in [5.74, 6) is -2.70. The van der Waals surface area contributed by atoms with Gasteiger partial charge in [-0.2, -0.15) is 0 Å². The second-order valence-electron chi connectivity index (χ2n) is 4.25. The third kappa shape index (κ3) is 1.39. The molecular weight excluding hydrogens is 150 g/mol. The smallest absolute Gasteiger partial charge is 0.278 e. The highest BCUT2D eigenvalue weighted by Gasteiger charge is 2.59. The van der Waals surface area contributed by atoms with Crippen LogP contribution in [0, 0.1) is 0 Å². The van der Waals surface area contributed by atoms with Crippen molar-refractivity contribution in [2.45, 2.75) is 51.2 Å². The van der Waals surface area contributed by atoms with E-state index in [1.165, 1.54) is 13.8 Å². The summed E-state index contributed by atoms with van der Waals surface area (Å²) in [4.78, 5) is 0. The van der Waals surface area contributed by atoms with Gasteiger partial charge in [-0.1, -0.05) is 0 Å². The molecule has 0 atom stereocenters. The van der Waals surface area contributed by atoms with Gasteiger partial charge in [0, 0.05) is 6.42 Å². The molecule has 0 aromatic carbocycles. The Morgan fingerprint density at radius 2 is 1.55 bits per heavy atom. The molecule has 0 saturated carbocycles. The molecule has 1 saturated heterocycles. The van der Waals surface area contributed by atoms with Crippen molar-refractivity contribution in [2.75, 3.05) is 0 Å². The summed E-state index contributed by atoms with van der Waals surface area (Å²) in [7, 11) is 0. The van der Waals surface area contributed by atoms with Gasteiger partial charge in [0.25, 0.3) is 5.92 Å². The molecule has 0 spiro atoms. The molecule has 1 nitrogen and oxygen atoms in total. The molecule has 1 rings (SSSR count). The summed E-state index contributed by atoms with van der Waals surface area (Å²) in [5.41, 5.74) is -2.00. The third-order valence-corrected chi connectivity index (χ3v) is 2.06. The number of hydrogen-bond donors (Lipinski definition) is 0. The molecule has 3 heteroatoms. The maximum Gasteiger partial charge on any atom is 0.278 e. The third-order valence-electron chi connectivity index (χ3n) is 2.06. The van der Waals surface area contributed by atoms with Gasteiger partial charge in [-0.05, 0) is 27.7 Å². The second-order valence-corrected chi connectivity index (χ2v) is 4.25. The lowest BCUT2D eigenvalue weighted by Crippen LogP contribution is -2.38. The minimum atomic E-state index is -2.70. The van der Waals surface area contributed by atoms with Crippen molar-refractivity contribution in [1.82, 2.24) is 0 Å². The molecule has 11 heavy (non-hydrogen) atoms. The van der Waals surface area contributed by atoms with E-state index in [4.69, 9.17) is 4.74 Å². The fraction of sp³-hybridized carbons (Fsp3) is 1.00. The molecule has 0 N–H and O–H groups in total. The lowest BCUT2D eigenvalue weighted by Gasteiger charge is -2.26. The highest BCUT2D eigenvalue weighted by atomic mass is 19.3. The minimum Gasteiger partial charge on any atom is -0.363 e. The Bertz CT molecular complexity index is 155. The number of ether oxygens (including phenoxy) is 1. The molecule has 66 valence electrons. The van der Waals surface area contributed by atoms with Crippen LogP contribution in [0.5, 0.6) is 0 Å². The van der Waals surface area contributed by atoms with Gasteiger partial charge < -0.3 is 4.74 Å². The van der Waals surface area contributed by atoms with Crippen molar-refractivity contribution >= 4 is 0 Å². The average molecular weight is 164 g/mol. The van der Waals surface area contributed by atoms with E-state index < -0.39 is 17.1 Å². The predicted molar refractivity (Wildman–Crippen MR) is 38.8 cm³/mol. The summed E-state index contributed by atoms with van der Waals surface area (Å²) >= 11 is 0. The molecule has 0 radical (unpaired) electrons. The second kappa shape index (κ2) is 1.94. The minimum absolute atomic E-state index is 0.188. The number of alkyl halides is 2. The van der Waals surface area contributed by atoms with Crippen LogP contribution < -0.4 is 0 Å². The van der Waals surface area contributed by atoms with E-state index >= 15 is 0 Å². The highest BCUT2D eigenvalue weighted by Crippen LogP contribution is 2.48. The Labute approximate surface area is 65.7 Å². The van der Waals surface area contributed by atoms with Crippen LogP contribution >= 0.6 is 0 Å². The molecular formula is C8H14F2O. The normalized spacial score (nSPS) is 32.2. The Hall–Kier alpha value is -0.180. The van der Waals surface area contributed by atoms with E-state index in [0.29, 0.717) is 0 Å².